The van der Waals surface area contributed by atoms with Crippen molar-refractivity contribution in [3.63, 3.8) is 0 Å². The van der Waals surface area contributed by atoms with E-state index in [2.05, 4.69) is 31.0 Å². The van der Waals surface area contributed by atoms with Gasteiger partial charge in [0.05, 0.1) is 0 Å². The number of nitrogens with zero attached hydrogens (tertiary/aromatic N) is 4. The fraction of sp³-hybridized carbons (Fsp3) is 0.526. The molecule has 1 saturated heterocycles. The fourth-order valence-corrected chi connectivity index (χ4v) is 4.21. The topological polar surface area (TPSA) is 58.6 Å². The summed E-state index contributed by atoms with van der Waals surface area (Å²) in [6.45, 7) is 7.21. The fourth-order valence-electron chi connectivity index (χ4n) is 3.30. The van der Waals surface area contributed by atoms with E-state index in [9.17, 15) is 4.79 Å². The summed E-state index contributed by atoms with van der Waals surface area (Å²) in [5, 5.41) is 10.7. The van der Waals surface area contributed by atoms with E-state index in [0.717, 1.165) is 47.0 Å². The van der Waals surface area contributed by atoms with Gasteiger partial charge < -0.3 is 14.5 Å². The highest BCUT2D eigenvalue weighted by atomic mass is 79.9. The average molecular weight is 456 g/mol. The van der Waals surface area contributed by atoms with E-state index < -0.39 is 5.60 Å². The summed E-state index contributed by atoms with van der Waals surface area (Å²) in [5.41, 5.74) is -0.489. The summed E-state index contributed by atoms with van der Waals surface area (Å²) in [6, 6.07) is 6.07. The number of carbonyl (C=O) groups excluding carboxylic acids is 1. The molecule has 0 N–H and O–H groups in total. The molecular formula is C19H24BrClN4O2. The number of anilines is 1. The summed E-state index contributed by atoms with van der Waals surface area (Å²) in [4.78, 5) is 16.2. The first-order valence-electron chi connectivity index (χ1n) is 8.98. The quantitative estimate of drug-likeness (QED) is 0.646. The molecule has 0 atom stereocenters. The maximum Gasteiger partial charge on any atom is 0.410 e. The van der Waals surface area contributed by atoms with E-state index in [1.54, 1.807) is 4.90 Å². The van der Waals surface area contributed by atoms with Gasteiger partial charge in [0.2, 0.25) is 0 Å². The van der Waals surface area contributed by atoms with Gasteiger partial charge in [-0.05, 0) is 39.7 Å². The number of hydrogen-bond donors (Lipinski definition) is 0. The molecule has 1 aliphatic rings. The Bertz CT molecular complexity index is 839. The van der Waals surface area contributed by atoms with E-state index in [4.69, 9.17) is 16.3 Å². The van der Waals surface area contributed by atoms with Crippen molar-refractivity contribution < 1.29 is 9.53 Å². The molecule has 0 spiro atoms. The molecule has 1 aliphatic heterocycles. The third-order valence-electron chi connectivity index (χ3n) is 4.69. The van der Waals surface area contributed by atoms with Crippen LogP contribution in [0.1, 0.15) is 33.6 Å². The number of fused-ring (bicyclic) bond motifs is 1. The number of rotatable bonds is 2. The minimum atomic E-state index is -0.489. The van der Waals surface area contributed by atoms with Gasteiger partial charge in [0.25, 0.3) is 0 Å². The van der Waals surface area contributed by atoms with E-state index in [1.807, 2.05) is 46.0 Å². The molecule has 1 amide bonds. The van der Waals surface area contributed by atoms with Crippen LogP contribution in [-0.4, -0.2) is 53.0 Å². The highest BCUT2D eigenvalue weighted by molar-refractivity contribution is 9.10. The van der Waals surface area contributed by atoms with Crippen LogP contribution in [0.5, 0.6) is 0 Å². The zero-order chi connectivity index (χ0) is 19.8. The number of halogens is 2. The van der Waals surface area contributed by atoms with Gasteiger partial charge in [-0.15, -0.1) is 10.2 Å². The van der Waals surface area contributed by atoms with Crippen LogP contribution in [0, 0.1) is 0 Å². The zero-order valence-electron chi connectivity index (χ0n) is 16.0. The van der Waals surface area contributed by atoms with Crippen molar-refractivity contribution >= 4 is 50.2 Å². The van der Waals surface area contributed by atoms with Crippen LogP contribution in [0.4, 0.5) is 10.6 Å². The summed E-state index contributed by atoms with van der Waals surface area (Å²) in [6.07, 6.45) is 1.41. The van der Waals surface area contributed by atoms with Crippen molar-refractivity contribution in [1.29, 1.82) is 0 Å². The summed E-state index contributed by atoms with van der Waals surface area (Å²) in [7, 11) is 1.81. The molecule has 8 heteroatoms. The van der Waals surface area contributed by atoms with Gasteiger partial charge in [0, 0.05) is 41.4 Å². The van der Waals surface area contributed by atoms with Crippen molar-refractivity contribution in [3.05, 3.63) is 27.8 Å². The molecule has 1 aromatic carbocycles. The molecule has 0 saturated carbocycles. The molecule has 0 radical (unpaired) electrons. The van der Waals surface area contributed by atoms with Crippen LogP contribution in [0.3, 0.4) is 0 Å². The van der Waals surface area contributed by atoms with Crippen molar-refractivity contribution in [2.45, 2.75) is 45.3 Å². The highest BCUT2D eigenvalue weighted by Crippen LogP contribution is 2.34. The van der Waals surface area contributed by atoms with Crippen LogP contribution >= 0.6 is 27.5 Å². The number of benzene rings is 1. The Morgan fingerprint density at radius 3 is 2.59 bits per heavy atom. The lowest BCUT2D eigenvalue weighted by molar-refractivity contribution is 0.0201. The SMILES string of the molecule is CN(C(=O)OC(C)(C)C)C1CCN(c2nnc(Cl)c3c(Br)cccc23)CC1. The molecule has 3 rings (SSSR count). The number of aromatic nitrogens is 2. The summed E-state index contributed by atoms with van der Waals surface area (Å²) in [5.74, 6) is 0.828. The first-order chi connectivity index (χ1) is 12.7. The Hall–Kier alpha value is -1.60. The Morgan fingerprint density at radius 2 is 1.96 bits per heavy atom. The zero-order valence-corrected chi connectivity index (χ0v) is 18.3. The molecule has 6 nitrogen and oxygen atoms in total. The smallest absolute Gasteiger partial charge is 0.410 e. The van der Waals surface area contributed by atoms with Crippen LogP contribution in [0.15, 0.2) is 22.7 Å². The third-order valence-corrected chi connectivity index (χ3v) is 5.61. The van der Waals surface area contributed by atoms with E-state index in [0.29, 0.717) is 5.15 Å². The van der Waals surface area contributed by atoms with E-state index in [-0.39, 0.29) is 12.1 Å². The van der Waals surface area contributed by atoms with Crippen LogP contribution in [0.2, 0.25) is 5.15 Å². The predicted molar refractivity (Wildman–Crippen MR) is 111 cm³/mol. The molecule has 2 aromatic rings. The lowest BCUT2D eigenvalue weighted by Gasteiger charge is -2.37. The van der Waals surface area contributed by atoms with Gasteiger partial charge in [-0.3, -0.25) is 0 Å². The highest BCUT2D eigenvalue weighted by Gasteiger charge is 2.29. The number of amides is 1. The first kappa shape index (κ1) is 20.1. The Labute approximate surface area is 172 Å². The third kappa shape index (κ3) is 4.46. The van der Waals surface area contributed by atoms with Crippen molar-refractivity contribution in [2.24, 2.45) is 0 Å². The maximum absolute atomic E-state index is 12.3. The number of hydrogen-bond acceptors (Lipinski definition) is 5. The van der Waals surface area contributed by atoms with Gasteiger partial charge in [-0.1, -0.05) is 39.7 Å². The van der Waals surface area contributed by atoms with Crippen molar-refractivity contribution in [1.82, 2.24) is 15.1 Å². The first-order valence-corrected chi connectivity index (χ1v) is 10.2. The maximum atomic E-state index is 12.3. The number of ether oxygens (including phenoxy) is 1. The standard InChI is InChI=1S/C19H24BrClN4O2/c1-19(2,3)27-18(26)24(4)12-8-10-25(11-9-12)17-13-6-5-7-14(20)15(13)16(21)22-23-17/h5-7,12H,8-11H2,1-4H3. The molecule has 146 valence electrons. The average Bonchev–Trinajstić information content (AvgIpc) is 2.60. The molecular weight excluding hydrogens is 432 g/mol. The Morgan fingerprint density at radius 1 is 1.30 bits per heavy atom. The predicted octanol–water partition coefficient (Wildman–Crippen LogP) is 4.88. The normalized spacial score (nSPS) is 15.9. The molecule has 0 aliphatic carbocycles. The largest absolute Gasteiger partial charge is 0.444 e. The lowest BCUT2D eigenvalue weighted by atomic mass is 10.0. The second kappa shape index (κ2) is 7.80. The number of carbonyl (C=O) groups is 1. The van der Waals surface area contributed by atoms with Gasteiger partial charge >= 0.3 is 6.09 Å². The minimum Gasteiger partial charge on any atom is -0.444 e. The van der Waals surface area contributed by atoms with Crippen molar-refractivity contribution in [3.8, 4) is 0 Å². The Balaban J connectivity index is 1.73. The van der Waals surface area contributed by atoms with E-state index in [1.165, 1.54) is 0 Å². The monoisotopic (exact) mass is 454 g/mol. The van der Waals surface area contributed by atoms with Gasteiger partial charge in [0.1, 0.15) is 5.60 Å². The molecule has 1 fully saturated rings. The minimum absolute atomic E-state index is 0.148. The molecule has 0 unspecified atom stereocenters. The van der Waals surface area contributed by atoms with Crippen molar-refractivity contribution in [2.75, 3.05) is 25.0 Å². The number of piperidine rings is 1. The molecule has 2 heterocycles. The summed E-state index contributed by atoms with van der Waals surface area (Å²) >= 11 is 9.79. The van der Waals surface area contributed by atoms with Crippen LogP contribution < -0.4 is 4.90 Å². The summed E-state index contributed by atoms with van der Waals surface area (Å²) < 4.78 is 6.38. The van der Waals surface area contributed by atoms with Gasteiger partial charge in [-0.2, -0.15) is 0 Å². The second-order valence-electron chi connectivity index (χ2n) is 7.79. The second-order valence-corrected chi connectivity index (χ2v) is 9.00. The molecule has 1 aromatic heterocycles. The van der Waals surface area contributed by atoms with Crippen LogP contribution in [-0.2, 0) is 4.74 Å². The molecule has 0 bridgehead atoms. The van der Waals surface area contributed by atoms with Gasteiger partial charge in [0.15, 0.2) is 11.0 Å². The van der Waals surface area contributed by atoms with E-state index >= 15 is 0 Å². The molecule has 27 heavy (non-hydrogen) atoms. The van der Waals surface area contributed by atoms with Crippen LogP contribution in [0.25, 0.3) is 10.8 Å². The Kier molecular flexibility index (Phi) is 5.82. The van der Waals surface area contributed by atoms with Gasteiger partial charge in [-0.25, -0.2) is 4.79 Å². The lowest BCUT2D eigenvalue weighted by Crippen LogP contribution is -2.47.